The quantitative estimate of drug-likeness (QED) is 0.185. The van der Waals surface area contributed by atoms with Gasteiger partial charge in [0.15, 0.2) is 0 Å². The van der Waals surface area contributed by atoms with Gasteiger partial charge in [-0.3, -0.25) is 4.57 Å². The van der Waals surface area contributed by atoms with E-state index in [4.69, 9.17) is 9.97 Å². The van der Waals surface area contributed by atoms with Crippen molar-refractivity contribution >= 4 is 75.0 Å². The number of hydrogen-bond donors (Lipinski definition) is 0. The molecule has 0 fully saturated rings. The topological polar surface area (TPSA) is 30.7 Å². The van der Waals surface area contributed by atoms with Crippen LogP contribution in [0.15, 0.2) is 176 Å². The van der Waals surface area contributed by atoms with E-state index in [-0.39, 0.29) is 0 Å². The van der Waals surface area contributed by atoms with Gasteiger partial charge >= 0.3 is 0 Å². The molecule has 11 aromatic rings. The van der Waals surface area contributed by atoms with Crippen molar-refractivity contribution in [3.8, 4) is 39.5 Å². The molecule has 0 N–H and O–H groups in total. The van der Waals surface area contributed by atoms with Gasteiger partial charge in [-0.15, -0.1) is 11.3 Å². The van der Waals surface area contributed by atoms with E-state index in [1.807, 2.05) is 11.3 Å². The highest BCUT2D eigenvalue weighted by Gasteiger charge is 2.21. The average molecular weight is 680 g/mol. The number of aromatic nitrogens is 3. The number of thiophene rings is 1. The molecule has 0 atom stereocenters. The summed E-state index contributed by atoms with van der Waals surface area (Å²) in [6, 6.07) is 63.2. The zero-order valence-corrected chi connectivity index (χ0v) is 28.8. The summed E-state index contributed by atoms with van der Waals surface area (Å²) >= 11 is 1.84. The van der Waals surface area contributed by atoms with Crippen molar-refractivity contribution in [3.05, 3.63) is 176 Å². The highest BCUT2D eigenvalue weighted by Crippen LogP contribution is 2.42. The minimum atomic E-state index is 0.658. The maximum Gasteiger partial charge on any atom is 0.235 e. The van der Waals surface area contributed by atoms with Crippen LogP contribution < -0.4 is 0 Å². The zero-order chi connectivity index (χ0) is 34.2. The molecular formula is C48H29N3S. The average Bonchev–Trinajstić information content (AvgIpc) is 3.74. The van der Waals surface area contributed by atoms with Gasteiger partial charge in [0, 0.05) is 41.9 Å². The van der Waals surface area contributed by atoms with Crippen LogP contribution in [0.5, 0.6) is 0 Å². The summed E-state index contributed by atoms with van der Waals surface area (Å²) in [5.74, 6) is 0.658. The second kappa shape index (κ2) is 11.5. The van der Waals surface area contributed by atoms with E-state index in [1.54, 1.807) is 0 Å². The largest absolute Gasteiger partial charge is 0.278 e. The second-order valence-electron chi connectivity index (χ2n) is 13.4. The highest BCUT2D eigenvalue weighted by molar-refractivity contribution is 7.25. The number of fused-ring (bicyclic) bond motifs is 8. The molecule has 0 radical (unpaired) electrons. The van der Waals surface area contributed by atoms with E-state index in [1.165, 1.54) is 41.7 Å². The lowest BCUT2D eigenvalue weighted by atomic mass is 9.91. The molecule has 3 nitrogen and oxygen atoms in total. The number of nitrogens with zero attached hydrogens (tertiary/aromatic N) is 3. The molecule has 3 aromatic heterocycles. The van der Waals surface area contributed by atoms with Crippen LogP contribution in [0.25, 0.3) is 103 Å². The first kappa shape index (κ1) is 29.1. The van der Waals surface area contributed by atoms with E-state index in [0.29, 0.717) is 5.95 Å². The molecule has 0 saturated heterocycles. The summed E-state index contributed by atoms with van der Waals surface area (Å²) in [4.78, 5) is 11.0. The Morgan fingerprint density at radius 3 is 1.81 bits per heavy atom. The second-order valence-corrected chi connectivity index (χ2v) is 14.5. The summed E-state index contributed by atoms with van der Waals surface area (Å²) in [6.45, 7) is 0. The fraction of sp³-hybridized carbons (Fsp3) is 0. The van der Waals surface area contributed by atoms with Gasteiger partial charge in [0.05, 0.1) is 22.2 Å². The first-order valence-corrected chi connectivity index (χ1v) is 18.4. The first-order valence-electron chi connectivity index (χ1n) is 17.6. The van der Waals surface area contributed by atoms with Crippen molar-refractivity contribution < 1.29 is 0 Å². The van der Waals surface area contributed by atoms with Crippen LogP contribution in [0.3, 0.4) is 0 Å². The summed E-state index contributed by atoms with van der Waals surface area (Å²) in [6.07, 6.45) is 0. The Kier molecular flexibility index (Phi) is 6.42. The minimum absolute atomic E-state index is 0.658. The van der Waals surface area contributed by atoms with E-state index >= 15 is 0 Å². The van der Waals surface area contributed by atoms with Crippen LogP contribution in [-0.2, 0) is 0 Å². The van der Waals surface area contributed by atoms with Gasteiger partial charge < -0.3 is 0 Å². The fourth-order valence-corrected chi connectivity index (χ4v) is 9.03. The van der Waals surface area contributed by atoms with Crippen molar-refractivity contribution in [3.63, 3.8) is 0 Å². The van der Waals surface area contributed by atoms with Gasteiger partial charge in [0.1, 0.15) is 0 Å². The lowest BCUT2D eigenvalue weighted by Gasteiger charge is -2.16. The summed E-state index contributed by atoms with van der Waals surface area (Å²) in [5.41, 5.74) is 9.68. The third kappa shape index (κ3) is 4.51. The van der Waals surface area contributed by atoms with Crippen LogP contribution in [-0.4, -0.2) is 14.5 Å². The predicted octanol–water partition coefficient (Wildman–Crippen LogP) is 13.2. The molecule has 11 rings (SSSR count). The molecule has 0 aliphatic heterocycles. The number of rotatable bonds is 4. The van der Waals surface area contributed by atoms with Gasteiger partial charge in [-0.2, -0.15) is 0 Å². The standard InChI is InChI=1S/C48H29N3S/c1-3-13-30(14-4-1)37-28-41-42(29-38(37)31-15-5-2-6-16-31)49-48(50-47(41)34-23-24-46-40(26-34)36-20-10-12-22-45(36)52-46)51-43-21-11-9-19-35(43)39-25-32-17-7-8-18-33(32)27-44(39)51/h1-29H. The summed E-state index contributed by atoms with van der Waals surface area (Å²) in [5, 5.41) is 8.32. The lowest BCUT2D eigenvalue weighted by molar-refractivity contribution is 1.01. The molecular weight excluding hydrogens is 651 g/mol. The normalized spacial score (nSPS) is 11.8. The van der Waals surface area contributed by atoms with Gasteiger partial charge in [-0.05, 0) is 81.6 Å². The predicted molar refractivity (Wildman–Crippen MR) is 221 cm³/mol. The molecule has 242 valence electrons. The Balaban J connectivity index is 1.27. The van der Waals surface area contributed by atoms with Crippen LogP contribution >= 0.6 is 11.3 Å². The molecule has 0 bridgehead atoms. The molecule has 8 aromatic carbocycles. The maximum absolute atomic E-state index is 5.56. The van der Waals surface area contributed by atoms with Crippen molar-refractivity contribution in [1.82, 2.24) is 14.5 Å². The van der Waals surface area contributed by atoms with E-state index in [2.05, 4.69) is 180 Å². The first-order chi connectivity index (χ1) is 25.8. The number of para-hydroxylation sites is 1. The van der Waals surface area contributed by atoms with E-state index < -0.39 is 0 Å². The monoisotopic (exact) mass is 679 g/mol. The Morgan fingerprint density at radius 2 is 1.02 bits per heavy atom. The Labute approximate surface area is 303 Å². The lowest BCUT2D eigenvalue weighted by Crippen LogP contribution is -2.04. The van der Waals surface area contributed by atoms with Gasteiger partial charge in [-0.1, -0.05) is 127 Å². The van der Waals surface area contributed by atoms with Crippen molar-refractivity contribution in [2.45, 2.75) is 0 Å². The molecule has 0 aliphatic carbocycles. The van der Waals surface area contributed by atoms with Crippen molar-refractivity contribution in [1.29, 1.82) is 0 Å². The highest BCUT2D eigenvalue weighted by atomic mass is 32.1. The molecule has 3 heterocycles. The van der Waals surface area contributed by atoms with Gasteiger partial charge in [0.2, 0.25) is 5.95 Å². The smallest absolute Gasteiger partial charge is 0.235 e. The van der Waals surface area contributed by atoms with Crippen molar-refractivity contribution in [2.75, 3.05) is 0 Å². The molecule has 0 spiro atoms. The number of benzene rings is 8. The summed E-state index contributed by atoms with van der Waals surface area (Å²) < 4.78 is 4.82. The van der Waals surface area contributed by atoms with Crippen LogP contribution in [0.1, 0.15) is 0 Å². The molecule has 52 heavy (non-hydrogen) atoms. The molecule has 0 aliphatic rings. The van der Waals surface area contributed by atoms with E-state index in [0.717, 1.165) is 55.4 Å². The third-order valence-electron chi connectivity index (χ3n) is 10.4. The minimum Gasteiger partial charge on any atom is -0.278 e. The third-order valence-corrected chi connectivity index (χ3v) is 11.5. The van der Waals surface area contributed by atoms with Crippen LogP contribution in [0, 0.1) is 0 Å². The zero-order valence-electron chi connectivity index (χ0n) is 28.0. The van der Waals surface area contributed by atoms with E-state index in [9.17, 15) is 0 Å². The Bertz CT molecular complexity index is 3180. The molecule has 0 unspecified atom stereocenters. The van der Waals surface area contributed by atoms with Gasteiger partial charge in [-0.25, -0.2) is 9.97 Å². The molecule has 4 heteroatoms. The SMILES string of the molecule is c1ccc(-c2cc3nc(-n4c5ccccc5c5cc6ccccc6cc54)nc(-c4ccc5sc6ccccc6c5c4)c3cc2-c2ccccc2)cc1. The maximum atomic E-state index is 5.56. The van der Waals surface area contributed by atoms with Gasteiger partial charge in [0.25, 0.3) is 0 Å². The Hall–Kier alpha value is -6.62. The summed E-state index contributed by atoms with van der Waals surface area (Å²) in [7, 11) is 0. The number of hydrogen-bond acceptors (Lipinski definition) is 3. The Morgan fingerprint density at radius 1 is 0.385 bits per heavy atom. The molecule has 0 amide bonds. The van der Waals surface area contributed by atoms with Crippen LogP contribution in [0.4, 0.5) is 0 Å². The fourth-order valence-electron chi connectivity index (χ4n) is 7.94. The van der Waals surface area contributed by atoms with Crippen LogP contribution in [0.2, 0.25) is 0 Å². The molecule has 0 saturated carbocycles. The van der Waals surface area contributed by atoms with Crippen molar-refractivity contribution in [2.24, 2.45) is 0 Å².